The van der Waals surface area contributed by atoms with Gasteiger partial charge in [0.05, 0.1) is 11.5 Å². The van der Waals surface area contributed by atoms with E-state index in [1.54, 1.807) is 0 Å². The van der Waals surface area contributed by atoms with E-state index < -0.39 is 28.9 Å². The number of carboxylic acids is 1. The molecule has 3 aromatic rings. The van der Waals surface area contributed by atoms with Crippen LogP contribution in [0.25, 0.3) is 11.1 Å². The third-order valence-corrected chi connectivity index (χ3v) is 5.57. The Hall–Kier alpha value is -3.61. The largest absolute Gasteiger partial charge is 0.481 e. The lowest BCUT2D eigenvalue weighted by atomic mass is 9.92. The number of carbonyl (C=O) groups is 2. The predicted octanol–water partition coefficient (Wildman–Crippen LogP) is 3.23. The molecule has 0 aliphatic heterocycles. The number of rotatable bonds is 8. The lowest BCUT2D eigenvalue weighted by molar-refractivity contribution is -0.143. The number of aromatic nitrogens is 1. The Labute approximate surface area is 172 Å². The molecule has 1 saturated carbocycles. The molecule has 0 spiro atoms. The summed E-state index contributed by atoms with van der Waals surface area (Å²) in [6.45, 7) is 0. The van der Waals surface area contributed by atoms with Gasteiger partial charge in [0.1, 0.15) is 0 Å². The highest BCUT2D eigenvalue weighted by molar-refractivity contribution is 5.91. The number of hydrogen-bond acceptors (Lipinski definition) is 4. The number of benzene rings is 2. The maximum absolute atomic E-state index is 12.5. The van der Waals surface area contributed by atoms with E-state index >= 15 is 0 Å². The SMILES string of the molecule is O=C(N[C@H](Cc1ccc(-c2ccccc2)cc1)CC1(C(=O)O)CC1)c1cc(=O)[nH]o1. The average molecular weight is 406 g/mol. The molecule has 7 heteroatoms. The minimum atomic E-state index is -0.839. The van der Waals surface area contributed by atoms with Crippen molar-refractivity contribution in [3.05, 3.63) is 82.3 Å². The van der Waals surface area contributed by atoms with Crippen LogP contribution in [-0.2, 0) is 11.2 Å². The summed E-state index contributed by atoms with van der Waals surface area (Å²) in [4.78, 5) is 35.4. The van der Waals surface area contributed by atoms with Gasteiger partial charge in [-0.1, -0.05) is 54.6 Å². The minimum absolute atomic E-state index is 0.121. The molecule has 1 amide bonds. The summed E-state index contributed by atoms with van der Waals surface area (Å²) in [5.74, 6) is -1.50. The van der Waals surface area contributed by atoms with Gasteiger partial charge in [0.25, 0.3) is 11.5 Å². The fourth-order valence-corrected chi connectivity index (χ4v) is 3.70. The number of H-pyrrole nitrogens is 1. The van der Waals surface area contributed by atoms with Crippen molar-refractivity contribution in [2.75, 3.05) is 0 Å². The van der Waals surface area contributed by atoms with Gasteiger partial charge in [-0.25, -0.2) is 0 Å². The van der Waals surface area contributed by atoms with Gasteiger partial charge >= 0.3 is 5.97 Å². The molecule has 0 bridgehead atoms. The van der Waals surface area contributed by atoms with Gasteiger partial charge < -0.3 is 14.9 Å². The number of aliphatic carboxylic acids is 1. The maximum Gasteiger partial charge on any atom is 0.309 e. The molecule has 0 unspecified atom stereocenters. The van der Waals surface area contributed by atoms with E-state index in [0.717, 1.165) is 22.8 Å². The summed E-state index contributed by atoms with van der Waals surface area (Å²) >= 11 is 0. The first-order valence-electron chi connectivity index (χ1n) is 9.82. The molecule has 4 rings (SSSR count). The number of nitrogens with one attached hydrogen (secondary N) is 2. The van der Waals surface area contributed by atoms with Crippen molar-refractivity contribution < 1.29 is 19.2 Å². The molecule has 0 saturated heterocycles. The minimum Gasteiger partial charge on any atom is -0.481 e. The second-order valence-electron chi connectivity index (χ2n) is 7.80. The van der Waals surface area contributed by atoms with Gasteiger partial charge in [-0.15, -0.1) is 0 Å². The topological polar surface area (TPSA) is 112 Å². The van der Waals surface area contributed by atoms with E-state index in [4.69, 9.17) is 4.52 Å². The van der Waals surface area contributed by atoms with Crippen LogP contribution in [0.4, 0.5) is 0 Å². The highest BCUT2D eigenvalue weighted by Crippen LogP contribution is 2.50. The quantitative estimate of drug-likeness (QED) is 0.532. The van der Waals surface area contributed by atoms with E-state index in [1.165, 1.54) is 0 Å². The zero-order valence-electron chi connectivity index (χ0n) is 16.3. The standard InChI is InChI=1S/C23H22N2O5/c26-20-13-19(30-25-20)21(27)24-18(14-23(10-11-23)22(28)29)12-15-6-8-17(9-7-15)16-4-2-1-3-5-16/h1-9,13,18H,10-12,14H2,(H,24,27)(H,25,26)(H,28,29)/t18-/m1/s1. The van der Waals surface area contributed by atoms with Crippen LogP contribution in [-0.4, -0.2) is 28.2 Å². The molecular formula is C23H22N2O5. The van der Waals surface area contributed by atoms with Gasteiger partial charge in [0.2, 0.25) is 5.76 Å². The monoisotopic (exact) mass is 406 g/mol. The summed E-state index contributed by atoms with van der Waals surface area (Å²) in [7, 11) is 0. The van der Waals surface area contributed by atoms with E-state index in [-0.39, 0.29) is 5.76 Å². The van der Waals surface area contributed by atoms with Gasteiger partial charge in [0, 0.05) is 6.04 Å². The first-order valence-corrected chi connectivity index (χ1v) is 9.82. The number of aromatic amines is 1. The molecule has 7 nitrogen and oxygen atoms in total. The van der Waals surface area contributed by atoms with E-state index in [9.17, 15) is 19.5 Å². The zero-order chi connectivity index (χ0) is 21.1. The third kappa shape index (κ3) is 4.35. The first-order chi connectivity index (χ1) is 14.4. The van der Waals surface area contributed by atoms with Crippen LogP contribution < -0.4 is 10.9 Å². The Morgan fingerprint density at radius 3 is 2.30 bits per heavy atom. The Kier molecular flexibility index (Phi) is 5.27. The molecule has 1 atom stereocenters. The summed E-state index contributed by atoms with van der Waals surface area (Å²) in [5, 5.41) is 14.5. The van der Waals surface area contributed by atoms with Crippen molar-refractivity contribution in [1.29, 1.82) is 0 Å². The second-order valence-corrected chi connectivity index (χ2v) is 7.80. The van der Waals surface area contributed by atoms with Crippen LogP contribution in [0, 0.1) is 5.41 Å². The van der Waals surface area contributed by atoms with Gasteiger partial charge in [-0.3, -0.25) is 14.4 Å². The molecule has 1 aliphatic carbocycles. The number of amides is 1. The molecular weight excluding hydrogens is 384 g/mol. The number of carbonyl (C=O) groups excluding carboxylic acids is 1. The Balaban J connectivity index is 1.51. The van der Waals surface area contributed by atoms with Crippen LogP contribution in [0.3, 0.4) is 0 Å². The molecule has 2 aromatic carbocycles. The molecule has 1 fully saturated rings. The smallest absolute Gasteiger partial charge is 0.309 e. The van der Waals surface area contributed by atoms with Crippen LogP contribution in [0.5, 0.6) is 0 Å². The van der Waals surface area contributed by atoms with Crippen molar-refractivity contribution >= 4 is 11.9 Å². The molecule has 0 radical (unpaired) electrons. The Morgan fingerprint density at radius 2 is 1.73 bits per heavy atom. The number of carboxylic acid groups (broad SMARTS) is 1. The van der Waals surface area contributed by atoms with Crippen LogP contribution in [0.2, 0.25) is 0 Å². The van der Waals surface area contributed by atoms with Crippen LogP contribution in [0.15, 0.2) is 70.0 Å². The molecule has 3 N–H and O–H groups in total. The van der Waals surface area contributed by atoms with E-state index in [2.05, 4.69) is 10.5 Å². The van der Waals surface area contributed by atoms with Crippen LogP contribution in [0.1, 0.15) is 35.4 Å². The van der Waals surface area contributed by atoms with Crippen LogP contribution >= 0.6 is 0 Å². The Bertz CT molecular complexity index is 1090. The van der Waals surface area contributed by atoms with Crippen molar-refractivity contribution in [2.24, 2.45) is 5.41 Å². The van der Waals surface area contributed by atoms with E-state index in [1.807, 2.05) is 54.6 Å². The van der Waals surface area contributed by atoms with Gasteiger partial charge in [-0.2, -0.15) is 5.16 Å². The fraction of sp³-hybridized carbons (Fsp3) is 0.261. The van der Waals surface area contributed by atoms with Gasteiger partial charge in [-0.05, 0) is 42.4 Å². The highest BCUT2D eigenvalue weighted by Gasteiger charge is 2.51. The van der Waals surface area contributed by atoms with Crippen molar-refractivity contribution in [3.8, 4) is 11.1 Å². The summed E-state index contributed by atoms with van der Waals surface area (Å²) in [6, 6.07) is 18.7. The first kappa shape index (κ1) is 19.7. The predicted molar refractivity (Wildman–Crippen MR) is 110 cm³/mol. The number of hydrogen-bond donors (Lipinski definition) is 3. The lowest BCUT2D eigenvalue weighted by Gasteiger charge is -2.22. The Morgan fingerprint density at radius 1 is 1.07 bits per heavy atom. The van der Waals surface area contributed by atoms with Crippen molar-refractivity contribution in [1.82, 2.24) is 10.5 Å². The molecule has 1 heterocycles. The fourth-order valence-electron chi connectivity index (χ4n) is 3.70. The van der Waals surface area contributed by atoms with Gasteiger partial charge in [0.15, 0.2) is 0 Å². The normalized spacial score (nSPS) is 15.3. The molecule has 1 aliphatic rings. The zero-order valence-corrected chi connectivity index (χ0v) is 16.3. The summed E-state index contributed by atoms with van der Waals surface area (Å²) < 4.78 is 4.87. The highest BCUT2D eigenvalue weighted by atomic mass is 16.5. The summed E-state index contributed by atoms with van der Waals surface area (Å²) in [5.41, 5.74) is 1.88. The third-order valence-electron chi connectivity index (χ3n) is 5.57. The van der Waals surface area contributed by atoms with Crippen molar-refractivity contribution in [3.63, 3.8) is 0 Å². The van der Waals surface area contributed by atoms with Crippen molar-refractivity contribution in [2.45, 2.75) is 31.7 Å². The summed E-state index contributed by atoms with van der Waals surface area (Å²) in [6.07, 6.45) is 2.00. The maximum atomic E-state index is 12.5. The molecule has 1 aromatic heterocycles. The molecule has 30 heavy (non-hydrogen) atoms. The average Bonchev–Trinajstić information content (AvgIpc) is 3.40. The second kappa shape index (κ2) is 8.02. The van der Waals surface area contributed by atoms with E-state index in [0.29, 0.717) is 25.7 Å². The lowest BCUT2D eigenvalue weighted by Crippen LogP contribution is -2.39. The molecule has 154 valence electrons.